The summed E-state index contributed by atoms with van der Waals surface area (Å²) in [6.07, 6.45) is 2.66. The predicted octanol–water partition coefficient (Wildman–Crippen LogP) is 7.86. The average Bonchev–Trinajstić information content (AvgIpc) is 3.15. The predicted molar refractivity (Wildman–Crippen MR) is 139 cm³/mol. The molecule has 0 aliphatic rings. The number of thiophene rings is 1. The summed E-state index contributed by atoms with van der Waals surface area (Å²) in [6.45, 7) is 15.8. The van der Waals surface area contributed by atoms with Crippen LogP contribution in [-0.2, 0) is 22.4 Å². The zero-order valence-corrected chi connectivity index (χ0v) is 21.6. The van der Waals surface area contributed by atoms with Gasteiger partial charge in [-0.1, -0.05) is 33.4 Å². The Morgan fingerprint density at radius 3 is 2.59 bits per heavy atom. The molecule has 0 saturated carbocycles. The van der Waals surface area contributed by atoms with Crippen LogP contribution in [0.15, 0.2) is 53.4 Å². The number of hydrogen-bond acceptors (Lipinski definition) is 5. The Morgan fingerprint density at radius 2 is 1.94 bits per heavy atom. The highest BCUT2D eigenvalue weighted by Crippen LogP contribution is 2.38. The first-order valence-electron chi connectivity index (χ1n) is 11.2. The molecule has 32 heavy (non-hydrogen) atoms. The van der Waals surface area contributed by atoms with E-state index in [4.69, 9.17) is 9.72 Å². The number of hydrogen-bond donors (Lipinski definition) is 0. The number of thioether (sulfide) groups is 1. The van der Waals surface area contributed by atoms with Crippen LogP contribution < -0.4 is 0 Å². The summed E-state index contributed by atoms with van der Waals surface area (Å²) < 4.78 is 6.90. The number of fused-ring (bicyclic) bond motifs is 1. The van der Waals surface area contributed by atoms with Crippen LogP contribution >= 0.6 is 23.1 Å². The molecule has 3 rings (SSSR count). The molecule has 1 atom stereocenters. The fraction of sp³-hybridized carbons (Fsp3) is 0.407. The van der Waals surface area contributed by atoms with E-state index in [1.54, 1.807) is 6.92 Å². The van der Waals surface area contributed by atoms with Crippen LogP contribution in [0.25, 0.3) is 20.5 Å². The second kappa shape index (κ2) is 10.2. The Kier molecular flexibility index (Phi) is 7.84. The third kappa shape index (κ3) is 6.02. The van der Waals surface area contributed by atoms with E-state index in [9.17, 15) is 4.79 Å². The topological polar surface area (TPSA) is 39.2 Å². The maximum absolute atomic E-state index is 11.9. The van der Waals surface area contributed by atoms with Gasteiger partial charge in [0.25, 0.3) is 0 Å². The molecule has 0 bridgehead atoms. The Labute approximate surface area is 200 Å². The molecule has 0 aliphatic heterocycles. The molecule has 3 nitrogen and oxygen atoms in total. The van der Waals surface area contributed by atoms with Crippen molar-refractivity contribution in [1.29, 1.82) is 0 Å². The largest absolute Gasteiger partial charge is 0.456 e. The molecule has 2 heterocycles. The van der Waals surface area contributed by atoms with E-state index in [1.807, 2.05) is 36.9 Å². The van der Waals surface area contributed by atoms with E-state index in [0.29, 0.717) is 10.8 Å². The Morgan fingerprint density at radius 1 is 1.19 bits per heavy atom. The first-order valence-corrected chi connectivity index (χ1v) is 12.9. The van der Waals surface area contributed by atoms with Gasteiger partial charge in [-0.15, -0.1) is 23.1 Å². The number of rotatable bonds is 9. The van der Waals surface area contributed by atoms with Crippen LogP contribution in [0.2, 0.25) is 0 Å². The minimum atomic E-state index is -0.531. The summed E-state index contributed by atoms with van der Waals surface area (Å²) in [6, 6.07) is 13.3. The van der Waals surface area contributed by atoms with Crippen molar-refractivity contribution in [3.05, 3.63) is 59.9 Å². The third-order valence-corrected chi connectivity index (χ3v) is 7.55. The van der Waals surface area contributed by atoms with E-state index in [1.165, 1.54) is 31.1 Å². The second-order valence-corrected chi connectivity index (χ2v) is 11.5. The van der Waals surface area contributed by atoms with Gasteiger partial charge < -0.3 is 4.74 Å². The van der Waals surface area contributed by atoms with Crippen LogP contribution in [0.5, 0.6) is 0 Å². The van der Waals surface area contributed by atoms with Crippen LogP contribution in [-0.4, -0.2) is 21.8 Å². The quantitative estimate of drug-likeness (QED) is 0.182. The van der Waals surface area contributed by atoms with E-state index < -0.39 is 5.60 Å². The van der Waals surface area contributed by atoms with Gasteiger partial charge >= 0.3 is 5.97 Å². The van der Waals surface area contributed by atoms with E-state index in [-0.39, 0.29) is 5.97 Å². The van der Waals surface area contributed by atoms with Gasteiger partial charge in [0.05, 0.1) is 0 Å². The Hall–Kier alpha value is -2.11. The highest BCUT2D eigenvalue weighted by atomic mass is 32.2. The number of esters is 1. The molecule has 0 saturated heterocycles. The molecule has 1 unspecified atom stereocenters. The van der Waals surface area contributed by atoms with Gasteiger partial charge in [-0.2, -0.15) is 0 Å². The van der Waals surface area contributed by atoms with Crippen LogP contribution in [0.4, 0.5) is 0 Å². The molecule has 0 fully saturated rings. The third-order valence-electron chi connectivity index (χ3n) is 5.32. The van der Waals surface area contributed by atoms with E-state index in [2.05, 4.69) is 63.7 Å². The number of nitrogens with zero attached hydrogens (tertiary/aromatic N) is 1. The summed E-state index contributed by atoms with van der Waals surface area (Å²) in [7, 11) is 0. The summed E-state index contributed by atoms with van der Waals surface area (Å²) in [4.78, 5) is 19.3. The zero-order chi connectivity index (χ0) is 23.5. The second-order valence-electron chi connectivity index (χ2n) is 8.88. The minimum absolute atomic E-state index is 0.303. The normalized spacial score (nSPS) is 12.7. The van der Waals surface area contributed by atoms with Gasteiger partial charge in [0.2, 0.25) is 0 Å². The number of benzene rings is 1. The summed E-state index contributed by atoms with van der Waals surface area (Å²) >= 11 is 3.65. The molecule has 2 aromatic heterocycles. The average molecular weight is 468 g/mol. The van der Waals surface area contributed by atoms with Crippen molar-refractivity contribution >= 4 is 39.2 Å². The van der Waals surface area contributed by atoms with Gasteiger partial charge in [-0.3, -0.25) is 4.98 Å². The minimum Gasteiger partial charge on any atom is -0.456 e. The molecular weight excluding hydrogens is 434 g/mol. The van der Waals surface area contributed by atoms with Crippen LogP contribution in [0.1, 0.15) is 59.4 Å². The van der Waals surface area contributed by atoms with Crippen molar-refractivity contribution in [2.45, 2.75) is 76.6 Å². The standard InChI is InChI=1S/C27H33NO2S2/c1-8-20-11-13-22(23(9-2)28-20)25-14-19-10-12-21(15-24(19)32-25)31-18(5)16-27(6,7)30-26(29)17(3)4/h10-15,18H,3,8-9,16H2,1-2,4-7H3. The first-order chi connectivity index (χ1) is 15.1. The number of ether oxygens (including phenoxy) is 1. The molecule has 0 aliphatic carbocycles. The van der Waals surface area contributed by atoms with Crippen LogP contribution in [0, 0.1) is 0 Å². The monoisotopic (exact) mass is 467 g/mol. The number of aryl methyl sites for hydroxylation is 2. The summed E-state index contributed by atoms with van der Waals surface area (Å²) in [5.41, 5.74) is 3.47. The van der Waals surface area contributed by atoms with Gasteiger partial charge in [0.1, 0.15) is 5.60 Å². The molecule has 5 heteroatoms. The van der Waals surface area contributed by atoms with Gasteiger partial charge in [-0.05, 0) is 75.8 Å². The van der Waals surface area contributed by atoms with E-state index >= 15 is 0 Å². The molecule has 0 N–H and O–H groups in total. The first kappa shape index (κ1) is 24.5. The Bertz CT molecular complexity index is 1130. The Balaban J connectivity index is 1.76. The van der Waals surface area contributed by atoms with Crippen molar-refractivity contribution in [3.63, 3.8) is 0 Å². The van der Waals surface area contributed by atoms with Crippen molar-refractivity contribution in [3.8, 4) is 10.4 Å². The maximum Gasteiger partial charge on any atom is 0.333 e. The lowest BCUT2D eigenvalue weighted by Crippen LogP contribution is -2.31. The number of carbonyl (C=O) groups excluding carboxylic acids is 1. The van der Waals surface area contributed by atoms with Crippen molar-refractivity contribution < 1.29 is 9.53 Å². The fourth-order valence-corrected chi connectivity index (χ4v) is 6.31. The van der Waals surface area contributed by atoms with Crippen LogP contribution in [0.3, 0.4) is 0 Å². The fourth-order valence-electron chi connectivity index (χ4n) is 3.80. The van der Waals surface area contributed by atoms with Crippen molar-refractivity contribution in [1.82, 2.24) is 4.98 Å². The molecule has 0 radical (unpaired) electrons. The van der Waals surface area contributed by atoms with Crippen molar-refractivity contribution in [2.75, 3.05) is 0 Å². The maximum atomic E-state index is 11.9. The van der Waals surface area contributed by atoms with Gasteiger partial charge in [-0.25, -0.2) is 4.79 Å². The van der Waals surface area contributed by atoms with Gasteiger partial charge in [0.15, 0.2) is 0 Å². The molecule has 170 valence electrons. The zero-order valence-electron chi connectivity index (χ0n) is 20.0. The number of pyridine rings is 1. The summed E-state index contributed by atoms with van der Waals surface area (Å²) in [5, 5.41) is 1.57. The lowest BCUT2D eigenvalue weighted by atomic mass is 10.0. The number of aromatic nitrogens is 1. The van der Waals surface area contributed by atoms with Gasteiger partial charge in [0, 0.05) is 42.2 Å². The molecular formula is C27H33NO2S2. The highest BCUT2D eigenvalue weighted by Gasteiger charge is 2.26. The molecule has 3 aromatic rings. The lowest BCUT2D eigenvalue weighted by molar-refractivity contribution is -0.151. The SMILES string of the molecule is C=C(C)C(=O)OC(C)(C)CC(C)Sc1ccc2cc(-c3ccc(CC)nc3CC)sc2c1. The molecule has 1 aromatic carbocycles. The molecule has 0 amide bonds. The summed E-state index contributed by atoms with van der Waals surface area (Å²) in [5.74, 6) is -0.326. The lowest BCUT2D eigenvalue weighted by Gasteiger charge is -2.28. The number of carbonyl (C=O) groups is 1. The van der Waals surface area contributed by atoms with Crippen molar-refractivity contribution in [2.24, 2.45) is 0 Å². The smallest absolute Gasteiger partial charge is 0.333 e. The highest BCUT2D eigenvalue weighted by molar-refractivity contribution is 8.00. The van der Waals surface area contributed by atoms with E-state index in [0.717, 1.165) is 25.0 Å². The molecule has 0 spiro atoms.